The number of hydrogen-bond acceptors (Lipinski definition) is 5. The predicted octanol–water partition coefficient (Wildman–Crippen LogP) is 13.2. The fraction of sp³-hybridized carbons (Fsp3) is 0.872. The lowest BCUT2D eigenvalue weighted by molar-refractivity contribution is -0.143. The van der Waals surface area contributed by atoms with E-state index in [4.69, 9.17) is 4.74 Å². The van der Waals surface area contributed by atoms with E-state index in [2.05, 4.69) is 43.5 Å². The molecule has 0 aromatic heterocycles. The van der Waals surface area contributed by atoms with Crippen LogP contribution in [0.3, 0.4) is 0 Å². The summed E-state index contributed by atoms with van der Waals surface area (Å²) in [6.45, 7) is 4.82. The molecule has 1 amide bonds. The minimum atomic E-state index is -0.694. The van der Waals surface area contributed by atoms with Crippen LogP contribution in [0, 0.1) is 0 Å². The lowest BCUT2D eigenvalue weighted by Gasteiger charge is -2.22. The molecular formula is C47H89NO5. The largest absolute Gasteiger partial charge is 0.466 e. The van der Waals surface area contributed by atoms with Gasteiger partial charge in [-0.15, -0.1) is 0 Å². The SMILES string of the molecule is CCCCC/C=C\CCCCCCCC(=O)OCCCCCC/C=C\CCCC(=O)NC(CO)C(O)CCCCCCCCCCCCCCCCC. The van der Waals surface area contributed by atoms with Gasteiger partial charge in [-0.05, 0) is 70.6 Å². The van der Waals surface area contributed by atoms with Crippen LogP contribution >= 0.6 is 0 Å². The second kappa shape index (κ2) is 43.1. The summed E-state index contributed by atoms with van der Waals surface area (Å²) in [7, 11) is 0. The van der Waals surface area contributed by atoms with Crippen molar-refractivity contribution in [3.05, 3.63) is 24.3 Å². The smallest absolute Gasteiger partial charge is 0.305 e. The summed E-state index contributed by atoms with van der Waals surface area (Å²) >= 11 is 0. The molecule has 0 aliphatic heterocycles. The van der Waals surface area contributed by atoms with Crippen molar-refractivity contribution in [2.45, 2.75) is 251 Å². The predicted molar refractivity (Wildman–Crippen MR) is 227 cm³/mol. The molecule has 0 fully saturated rings. The van der Waals surface area contributed by atoms with E-state index < -0.39 is 12.1 Å². The first-order chi connectivity index (χ1) is 26.0. The van der Waals surface area contributed by atoms with Crippen LogP contribution in [-0.4, -0.2) is 47.4 Å². The molecule has 2 atom stereocenters. The van der Waals surface area contributed by atoms with E-state index in [1.54, 1.807) is 0 Å². The van der Waals surface area contributed by atoms with Gasteiger partial charge in [0.25, 0.3) is 0 Å². The van der Waals surface area contributed by atoms with Gasteiger partial charge in [0.2, 0.25) is 5.91 Å². The van der Waals surface area contributed by atoms with E-state index in [1.165, 1.54) is 135 Å². The van der Waals surface area contributed by atoms with Crippen molar-refractivity contribution in [2.75, 3.05) is 13.2 Å². The summed E-state index contributed by atoms with van der Waals surface area (Å²) in [5.74, 6) is -0.143. The van der Waals surface area contributed by atoms with E-state index >= 15 is 0 Å². The van der Waals surface area contributed by atoms with Crippen LogP contribution in [0.1, 0.15) is 239 Å². The zero-order valence-electron chi connectivity index (χ0n) is 35.2. The van der Waals surface area contributed by atoms with Crippen molar-refractivity contribution in [1.82, 2.24) is 5.32 Å². The number of ether oxygens (including phenoxy) is 1. The molecule has 0 aliphatic rings. The Hall–Kier alpha value is -1.66. The third kappa shape index (κ3) is 39.8. The van der Waals surface area contributed by atoms with Crippen molar-refractivity contribution in [3.8, 4) is 0 Å². The Morgan fingerprint density at radius 2 is 0.906 bits per heavy atom. The van der Waals surface area contributed by atoms with E-state index in [1.807, 2.05) is 0 Å². The van der Waals surface area contributed by atoms with Crippen molar-refractivity contribution < 1.29 is 24.5 Å². The Morgan fingerprint density at radius 3 is 1.42 bits per heavy atom. The first-order valence-electron chi connectivity index (χ1n) is 23.1. The molecule has 0 aromatic carbocycles. The zero-order valence-corrected chi connectivity index (χ0v) is 35.2. The Balaban J connectivity index is 3.57. The van der Waals surface area contributed by atoms with Crippen LogP contribution in [0.5, 0.6) is 0 Å². The number of aliphatic hydroxyl groups is 2. The second-order valence-electron chi connectivity index (χ2n) is 15.7. The molecule has 0 aromatic rings. The number of allylic oxidation sites excluding steroid dienone is 4. The summed E-state index contributed by atoms with van der Waals surface area (Å²) in [6.07, 6.45) is 48.5. The lowest BCUT2D eigenvalue weighted by Crippen LogP contribution is -2.45. The first kappa shape index (κ1) is 51.3. The second-order valence-corrected chi connectivity index (χ2v) is 15.7. The van der Waals surface area contributed by atoms with Crippen molar-refractivity contribution in [3.63, 3.8) is 0 Å². The highest BCUT2D eigenvalue weighted by Gasteiger charge is 2.19. The number of aliphatic hydroxyl groups excluding tert-OH is 2. The molecule has 0 saturated heterocycles. The first-order valence-corrected chi connectivity index (χ1v) is 23.1. The molecule has 0 rings (SSSR count). The maximum Gasteiger partial charge on any atom is 0.305 e. The van der Waals surface area contributed by atoms with Crippen LogP contribution in [0.2, 0.25) is 0 Å². The van der Waals surface area contributed by atoms with Gasteiger partial charge < -0.3 is 20.3 Å². The average Bonchev–Trinajstić information content (AvgIpc) is 3.16. The van der Waals surface area contributed by atoms with E-state index in [-0.39, 0.29) is 18.5 Å². The Morgan fingerprint density at radius 1 is 0.509 bits per heavy atom. The highest BCUT2D eigenvalue weighted by molar-refractivity contribution is 5.76. The molecule has 0 bridgehead atoms. The number of hydrogen-bond donors (Lipinski definition) is 3. The zero-order chi connectivity index (χ0) is 38.7. The minimum Gasteiger partial charge on any atom is -0.466 e. The number of amides is 1. The summed E-state index contributed by atoms with van der Waals surface area (Å²) in [4.78, 5) is 24.4. The third-order valence-electron chi connectivity index (χ3n) is 10.5. The van der Waals surface area contributed by atoms with Crippen molar-refractivity contribution >= 4 is 11.9 Å². The quantitative estimate of drug-likeness (QED) is 0.0328. The molecule has 0 saturated carbocycles. The number of nitrogens with one attached hydrogen (secondary N) is 1. The third-order valence-corrected chi connectivity index (χ3v) is 10.5. The lowest BCUT2D eigenvalue weighted by atomic mass is 10.0. The highest BCUT2D eigenvalue weighted by atomic mass is 16.5. The van der Waals surface area contributed by atoms with Gasteiger partial charge in [0.15, 0.2) is 0 Å². The molecule has 0 spiro atoms. The number of unbranched alkanes of at least 4 members (excludes halogenated alkanes) is 27. The molecule has 0 aliphatic carbocycles. The van der Waals surface area contributed by atoms with Gasteiger partial charge >= 0.3 is 5.97 Å². The standard InChI is InChI=1S/C47H89NO5/c1-3-5-7-9-11-13-15-17-18-19-20-23-27-31-35-39-45(50)44(43-49)48-46(51)40-36-32-28-24-22-26-30-34-38-42-53-47(52)41-37-33-29-25-21-16-14-12-10-8-6-4-2/h12,14,24,28,44-45,49-50H,3-11,13,15-23,25-27,29-43H2,1-2H3,(H,48,51)/b14-12-,28-24-. The molecule has 53 heavy (non-hydrogen) atoms. The van der Waals surface area contributed by atoms with E-state index in [9.17, 15) is 19.8 Å². The van der Waals surface area contributed by atoms with Crippen LogP contribution in [0.15, 0.2) is 24.3 Å². The summed E-state index contributed by atoms with van der Waals surface area (Å²) < 4.78 is 5.41. The fourth-order valence-corrected chi connectivity index (χ4v) is 6.87. The molecule has 6 heteroatoms. The van der Waals surface area contributed by atoms with Gasteiger partial charge in [0.05, 0.1) is 25.4 Å². The molecule has 0 heterocycles. The Bertz CT molecular complexity index is 828. The number of carbonyl (C=O) groups is 2. The summed E-state index contributed by atoms with van der Waals surface area (Å²) in [5, 5.41) is 23.1. The maximum absolute atomic E-state index is 12.4. The maximum atomic E-state index is 12.4. The summed E-state index contributed by atoms with van der Waals surface area (Å²) in [6, 6.07) is -0.578. The molecule has 312 valence electrons. The molecule has 2 unspecified atom stereocenters. The van der Waals surface area contributed by atoms with Crippen LogP contribution in [-0.2, 0) is 14.3 Å². The Kier molecular flexibility index (Phi) is 41.7. The summed E-state index contributed by atoms with van der Waals surface area (Å²) in [5.41, 5.74) is 0. The number of rotatable bonds is 42. The van der Waals surface area contributed by atoms with Crippen LogP contribution < -0.4 is 5.32 Å². The molecule has 6 nitrogen and oxygen atoms in total. The van der Waals surface area contributed by atoms with Gasteiger partial charge in [-0.3, -0.25) is 9.59 Å². The van der Waals surface area contributed by atoms with E-state index in [0.29, 0.717) is 25.9 Å². The van der Waals surface area contributed by atoms with Gasteiger partial charge in [-0.1, -0.05) is 179 Å². The van der Waals surface area contributed by atoms with Crippen LogP contribution in [0.25, 0.3) is 0 Å². The van der Waals surface area contributed by atoms with Crippen molar-refractivity contribution in [1.29, 1.82) is 0 Å². The minimum absolute atomic E-state index is 0.0462. The van der Waals surface area contributed by atoms with E-state index in [0.717, 1.165) is 70.6 Å². The molecule has 3 N–H and O–H groups in total. The fourth-order valence-electron chi connectivity index (χ4n) is 6.87. The van der Waals surface area contributed by atoms with Crippen LogP contribution in [0.4, 0.5) is 0 Å². The van der Waals surface area contributed by atoms with Crippen molar-refractivity contribution in [2.24, 2.45) is 0 Å². The number of esters is 1. The molecular weight excluding hydrogens is 659 g/mol. The molecule has 0 radical (unpaired) electrons. The Labute approximate surface area is 329 Å². The normalized spacial score (nSPS) is 12.9. The average molecular weight is 748 g/mol. The topological polar surface area (TPSA) is 95.9 Å². The monoisotopic (exact) mass is 748 g/mol. The number of carbonyl (C=O) groups excluding carboxylic acids is 2. The highest BCUT2D eigenvalue weighted by Crippen LogP contribution is 2.15. The van der Waals surface area contributed by atoms with Gasteiger partial charge in [-0.2, -0.15) is 0 Å². The van der Waals surface area contributed by atoms with Gasteiger partial charge in [0, 0.05) is 12.8 Å². The van der Waals surface area contributed by atoms with Gasteiger partial charge in [0.1, 0.15) is 0 Å². The van der Waals surface area contributed by atoms with Gasteiger partial charge in [-0.25, -0.2) is 0 Å².